The molecule has 0 saturated carbocycles. The van der Waals surface area contributed by atoms with E-state index >= 15 is 0 Å². The Morgan fingerprint density at radius 3 is 2.53 bits per heavy atom. The highest BCUT2D eigenvalue weighted by Crippen LogP contribution is 2.46. The van der Waals surface area contributed by atoms with Gasteiger partial charge in [0, 0.05) is 36.5 Å². The van der Waals surface area contributed by atoms with E-state index in [2.05, 4.69) is 73.7 Å². The Hall–Kier alpha value is -3.38. The maximum Gasteiger partial charge on any atom is 0.377 e. The number of fused-ring (bicyclic) bond motifs is 2. The van der Waals surface area contributed by atoms with Crippen molar-refractivity contribution in [2.45, 2.75) is 46.2 Å². The van der Waals surface area contributed by atoms with Crippen molar-refractivity contribution < 1.29 is 8.98 Å². The largest absolute Gasteiger partial charge is 0.398 e. The fourth-order valence-electron chi connectivity index (χ4n) is 5.01. The average Bonchev–Trinajstić information content (AvgIpc) is 3.40. The lowest BCUT2D eigenvalue weighted by Crippen LogP contribution is -2.35. The van der Waals surface area contributed by atoms with Gasteiger partial charge in [0.05, 0.1) is 10.6 Å². The van der Waals surface area contributed by atoms with Crippen LogP contribution in [-0.2, 0) is 18.5 Å². The van der Waals surface area contributed by atoms with Gasteiger partial charge in [-0.2, -0.15) is 4.57 Å². The fourth-order valence-corrected chi connectivity index (χ4v) is 6.05. The van der Waals surface area contributed by atoms with E-state index in [1.807, 2.05) is 41.8 Å². The third kappa shape index (κ3) is 3.44. The zero-order valence-corrected chi connectivity index (χ0v) is 21.1. The third-order valence-electron chi connectivity index (χ3n) is 6.79. The van der Waals surface area contributed by atoms with E-state index < -0.39 is 0 Å². The van der Waals surface area contributed by atoms with Crippen LogP contribution in [0.5, 0.6) is 0 Å². The van der Waals surface area contributed by atoms with Crippen LogP contribution >= 0.6 is 11.3 Å². The molecule has 3 heterocycles. The first-order valence-electron chi connectivity index (χ1n) is 11.7. The molecule has 1 aliphatic heterocycles. The number of thiazole rings is 1. The first-order valence-corrected chi connectivity index (χ1v) is 12.6. The Balaban J connectivity index is 1.64. The number of para-hydroxylation sites is 3. The lowest BCUT2D eigenvalue weighted by molar-refractivity contribution is -0.674. The van der Waals surface area contributed by atoms with Gasteiger partial charge in [0.15, 0.2) is 0 Å². The van der Waals surface area contributed by atoms with Gasteiger partial charge in [-0.25, -0.2) is 0 Å². The van der Waals surface area contributed by atoms with Crippen molar-refractivity contribution in [3.05, 3.63) is 91.3 Å². The van der Waals surface area contributed by atoms with E-state index in [0.29, 0.717) is 6.54 Å². The number of anilines is 1. The normalized spacial score (nSPS) is 17.3. The van der Waals surface area contributed by atoms with E-state index in [-0.39, 0.29) is 11.0 Å². The molecule has 1 aliphatic rings. The number of aromatic nitrogens is 2. The summed E-state index contributed by atoms with van der Waals surface area (Å²) in [6.45, 7) is 9.97. The minimum Gasteiger partial charge on any atom is -0.398 e. The molecule has 0 radical (unpaired) electrons. The van der Waals surface area contributed by atoms with Gasteiger partial charge in [-0.3, -0.25) is 9.36 Å². The van der Waals surface area contributed by atoms with E-state index in [9.17, 15) is 4.79 Å². The van der Waals surface area contributed by atoms with Crippen molar-refractivity contribution in [1.29, 1.82) is 0 Å². The van der Waals surface area contributed by atoms with Crippen molar-refractivity contribution in [3.8, 4) is 0 Å². The van der Waals surface area contributed by atoms with E-state index in [0.717, 1.165) is 32.7 Å². The molecule has 2 aromatic heterocycles. The van der Waals surface area contributed by atoms with Gasteiger partial charge in [0.25, 0.3) is 11.1 Å². The molecule has 4 aromatic rings. The Morgan fingerprint density at radius 1 is 1.06 bits per heavy atom. The number of hydrogen-bond acceptors (Lipinski definition) is 4. The van der Waals surface area contributed by atoms with Crippen molar-refractivity contribution in [3.63, 3.8) is 0 Å². The second kappa shape index (κ2) is 8.44. The Labute approximate surface area is 203 Å². The quantitative estimate of drug-likeness (QED) is 0.423. The van der Waals surface area contributed by atoms with Crippen molar-refractivity contribution in [2.75, 3.05) is 11.9 Å². The smallest absolute Gasteiger partial charge is 0.377 e. The van der Waals surface area contributed by atoms with Crippen LogP contribution in [0, 0.1) is 0 Å². The number of rotatable bonds is 4. The van der Waals surface area contributed by atoms with Gasteiger partial charge in [0.1, 0.15) is 11.2 Å². The molecular weight excluding hydrogens is 442 g/mol. The molecule has 0 atom stereocenters. The van der Waals surface area contributed by atoms with Crippen molar-refractivity contribution in [1.82, 2.24) is 4.57 Å². The number of allylic oxidation sites excluding steroid dienone is 2. The van der Waals surface area contributed by atoms with Crippen LogP contribution in [0.1, 0.15) is 39.1 Å². The molecule has 0 unspecified atom stereocenters. The van der Waals surface area contributed by atoms with Crippen LogP contribution in [0.3, 0.4) is 0 Å². The molecule has 5 rings (SSSR count). The number of likely N-dealkylation sites (N-methyl/N-ethyl adjacent to an activating group) is 1. The van der Waals surface area contributed by atoms with Gasteiger partial charge >= 0.3 is 5.89 Å². The topological polar surface area (TPSA) is 42.3 Å². The Kier molecular flexibility index (Phi) is 5.56. The molecule has 174 valence electrons. The SMILES string of the molecule is CCn1c(=O)/c(=C/C=C2/N(C)c3ccccc3C2(C)C)s/c1=C\c1oc2ccccc2[n+]1CC. The predicted octanol–water partition coefficient (Wildman–Crippen LogP) is 3.90. The van der Waals surface area contributed by atoms with Gasteiger partial charge in [-0.1, -0.05) is 44.2 Å². The maximum absolute atomic E-state index is 13.2. The standard InChI is InChI=1S/C28H30N3O2S/c1-6-30-21-14-10-11-15-22(21)33-25(30)18-26-31(7-2)27(32)23(34-26)16-17-24-28(3,4)19-12-8-9-13-20(19)29(24)5/h8-18H,6-7H2,1-5H3/q+1/b23-16-,24-17+. The zero-order valence-electron chi connectivity index (χ0n) is 20.3. The van der Waals surface area contributed by atoms with Gasteiger partial charge in [-0.05, 0) is 43.7 Å². The minimum atomic E-state index is -0.126. The zero-order chi connectivity index (χ0) is 24.0. The monoisotopic (exact) mass is 472 g/mol. The third-order valence-corrected chi connectivity index (χ3v) is 7.86. The van der Waals surface area contributed by atoms with Crippen molar-refractivity contribution in [2.24, 2.45) is 0 Å². The van der Waals surface area contributed by atoms with Crippen molar-refractivity contribution >= 4 is 40.3 Å². The van der Waals surface area contributed by atoms with E-state index in [1.54, 1.807) is 0 Å². The molecule has 0 fully saturated rings. The van der Waals surface area contributed by atoms with Crippen LogP contribution in [0.2, 0.25) is 0 Å². The number of nitrogens with zero attached hydrogens (tertiary/aromatic N) is 3. The first-order chi connectivity index (χ1) is 16.4. The summed E-state index contributed by atoms with van der Waals surface area (Å²) in [5.74, 6) is 0.754. The van der Waals surface area contributed by atoms with Gasteiger partial charge in [0.2, 0.25) is 5.58 Å². The summed E-state index contributed by atoms with van der Waals surface area (Å²) < 4.78 is 11.7. The van der Waals surface area contributed by atoms with Crippen LogP contribution < -0.4 is 24.2 Å². The summed E-state index contributed by atoms with van der Waals surface area (Å²) in [5.41, 5.74) is 5.51. The Morgan fingerprint density at radius 2 is 1.79 bits per heavy atom. The molecule has 0 saturated heterocycles. The lowest BCUT2D eigenvalue weighted by Gasteiger charge is -2.23. The van der Waals surface area contributed by atoms with E-state index in [4.69, 9.17) is 4.42 Å². The molecule has 0 bridgehead atoms. The highest BCUT2D eigenvalue weighted by Gasteiger charge is 2.37. The lowest BCUT2D eigenvalue weighted by atomic mass is 9.84. The molecule has 2 aromatic carbocycles. The molecule has 6 heteroatoms. The number of oxazole rings is 1. The second-order valence-corrected chi connectivity index (χ2v) is 10.1. The average molecular weight is 473 g/mol. The highest BCUT2D eigenvalue weighted by atomic mass is 32.1. The van der Waals surface area contributed by atoms with Gasteiger partial charge in [-0.15, -0.1) is 11.3 Å². The molecule has 0 amide bonds. The van der Waals surface area contributed by atoms with Gasteiger partial charge < -0.3 is 9.32 Å². The minimum absolute atomic E-state index is 0.0331. The molecule has 0 aliphatic carbocycles. The molecular formula is C28H30N3O2S+. The van der Waals surface area contributed by atoms with Crippen LogP contribution in [0.15, 0.2) is 69.5 Å². The molecule has 0 spiro atoms. The first kappa shape index (κ1) is 22.4. The molecule has 5 nitrogen and oxygen atoms in total. The summed E-state index contributed by atoms with van der Waals surface area (Å²) in [6, 6.07) is 16.5. The Bertz CT molecular complexity index is 1600. The maximum atomic E-state index is 13.2. The second-order valence-electron chi connectivity index (χ2n) is 9.07. The summed E-state index contributed by atoms with van der Waals surface area (Å²) in [7, 11) is 2.09. The predicted molar refractivity (Wildman–Crippen MR) is 140 cm³/mol. The van der Waals surface area contributed by atoms with Crippen LogP contribution in [0.4, 0.5) is 5.69 Å². The number of benzene rings is 2. The molecule has 0 N–H and O–H groups in total. The summed E-state index contributed by atoms with van der Waals surface area (Å²) in [4.78, 5) is 15.5. The number of hydrogen-bond donors (Lipinski definition) is 0. The van der Waals surface area contributed by atoms with Crippen LogP contribution in [-0.4, -0.2) is 11.6 Å². The summed E-state index contributed by atoms with van der Waals surface area (Å²) >= 11 is 1.51. The molecule has 34 heavy (non-hydrogen) atoms. The highest BCUT2D eigenvalue weighted by molar-refractivity contribution is 7.07. The van der Waals surface area contributed by atoms with E-state index in [1.165, 1.54) is 28.3 Å². The number of aryl methyl sites for hydroxylation is 1. The summed E-state index contributed by atoms with van der Waals surface area (Å²) in [6.07, 6.45) is 6.07. The summed E-state index contributed by atoms with van der Waals surface area (Å²) in [5, 5.41) is 0. The fraction of sp³-hybridized carbons (Fsp3) is 0.286. The van der Waals surface area contributed by atoms with Crippen LogP contribution in [0.25, 0.3) is 23.3 Å².